The second-order valence-electron chi connectivity index (χ2n) is 7.67. The highest BCUT2D eigenvalue weighted by molar-refractivity contribution is 7.99. The van der Waals surface area contributed by atoms with E-state index < -0.39 is 17.6 Å². The first-order chi connectivity index (χ1) is 15.8. The monoisotopic (exact) mass is 482 g/mol. The predicted molar refractivity (Wildman–Crippen MR) is 134 cm³/mol. The molecule has 3 rings (SSSR count). The zero-order valence-electron chi connectivity index (χ0n) is 18.6. The number of hydrogen-bond donors (Lipinski definition) is 2. The number of ether oxygens (including phenoxy) is 1. The highest BCUT2D eigenvalue weighted by atomic mass is 35.5. The molecule has 0 bridgehead atoms. The van der Waals surface area contributed by atoms with Gasteiger partial charge in [0.05, 0.1) is 5.88 Å². The van der Waals surface area contributed by atoms with Gasteiger partial charge in [-0.1, -0.05) is 90.0 Å². The van der Waals surface area contributed by atoms with Crippen LogP contribution in [-0.4, -0.2) is 29.5 Å². The Bertz CT molecular complexity index is 1090. The van der Waals surface area contributed by atoms with Crippen LogP contribution in [0.5, 0.6) is 0 Å². The summed E-state index contributed by atoms with van der Waals surface area (Å²) < 4.78 is 6.31. The topological polar surface area (TPSA) is 81.4 Å². The van der Waals surface area contributed by atoms with E-state index in [-0.39, 0.29) is 5.91 Å². The first-order valence-corrected chi connectivity index (χ1v) is 12.1. The predicted octanol–water partition coefficient (Wildman–Crippen LogP) is 4.64. The summed E-state index contributed by atoms with van der Waals surface area (Å²) in [6, 6.07) is 23.8. The van der Waals surface area contributed by atoms with Gasteiger partial charge in [-0.3, -0.25) is 9.59 Å². The van der Waals surface area contributed by atoms with E-state index in [1.54, 1.807) is 6.07 Å². The maximum absolute atomic E-state index is 13.3. The van der Waals surface area contributed by atoms with E-state index >= 15 is 0 Å². The van der Waals surface area contributed by atoms with Crippen molar-refractivity contribution < 1.29 is 14.3 Å². The number of aryl methyl sites for hydroxylation is 1. The van der Waals surface area contributed by atoms with Gasteiger partial charge >= 0.3 is 5.97 Å². The van der Waals surface area contributed by atoms with Crippen LogP contribution >= 0.6 is 23.4 Å². The van der Waals surface area contributed by atoms with E-state index in [1.165, 1.54) is 18.7 Å². The molecule has 7 heteroatoms. The molecule has 5 nitrogen and oxygen atoms in total. The smallest absolute Gasteiger partial charge is 0.325 e. The molecule has 0 radical (unpaired) electrons. The van der Waals surface area contributed by atoms with Crippen molar-refractivity contribution in [3.63, 3.8) is 0 Å². The number of nitrogens with one attached hydrogen (secondary N) is 1. The van der Waals surface area contributed by atoms with Gasteiger partial charge < -0.3 is 15.8 Å². The third kappa shape index (κ3) is 5.96. The Morgan fingerprint density at radius 2 is 1.61 bits per heavy atom. The van der Waals surface area contributed by atoms with E-state index in [2.05, 4.69) is 5.32 Å². The van der Waals surface area contributed by atoms with Crippen LogP contribution in [-0.2, 0) is 19.9 Å². The molecular weight excluding hydrogens is 456 g/mol. The van der Waals surface area contributed by atoms with E-state index in [0.717, 1.165) is 16.7 Å². The molecule has 0 aliphatic carbocycles. The molecule has 0 aliphatic rings. The summed E-state index contributed by atoms with van der Waals surface area (Å²) in [5.41, 5.74) is 8.16. The van der Waals surface area contributed by atoms with Gasteiger partial charge in [0, 0.05) is 34.4 Å². The van der Waals surface area contributed by atoms with Crippen molar-refractivity contribution in [2.24, 2.45) is 5.73 Å². The van der Waals surface area contributed by atoms with Crippen molar-refractivity contribution >= 4 is 35.2 Å². The molecule has 0 heterocycles. The average Bonchev–Trinajstić information content (AvgIpc) is 2.81. The number of halogens is 1. The van der Waals surface area contributed by atoms with Gasteiger partial charge in [0.25, 0.3) is 0 Å². The zero-order chi connectivity index (χ0) is 23.8. The molecular formula is C26H27ClN2O3S. The maximum Gasteiger partial charge on any atom is 0.325 e. The summed E-state index contributed by atoms with van der Waals surface area (Å²) in [7, 11) is 0. The summed E-state index contributed by atoms with van der Waals surface area (Å²) in [6.07, 6.45) is 0. The summed E-state index contributed by atoms with van der Waals surface area (Å²) >= 11 is 8.02. The number of rotatable bonds is 9. The number of nitrogens with two attached hydrogens (primary N) is 1. The van der Waals surface area contributed by atoms with Crippen molar-refractivity contribution in [3.8, 4) is 0 Å². The second kappa shape index (κ2) is 11.4. The molecule has 0 fully saturated rings. The fourth-order valence-electron chi connectivity index (χ4n) is 3.49. The zero-order valence-corrected chi connectivity index (χ0v) is 20.2. The highest BCUT2D eigenvalue weighted by Gasteiger charge is 2.43. The Labute approximate surface area is 203 Å². The number of carbonyl (C=O) groups is 2. The number of esters is 1. The molecule has 33 heavy (non-hydrogen) atoms. The Morgan fingerprint density at radius 3 is 2.24 bits per heavy atom. The van der Waals surface area contributed by atoms with Crippen molar-refractivity contribution in [1.82, 2.24) is 5.32 Å². The lowest BCUT2D eigenvalue weighted by Crippen LogP contribution is -2.43. The third-order valence-electron chi connectivity index (χ3n) is 5.17. The van der Waals surface area contributed by atoms with Crippen molar-refractivity contribution in [2.75, 3.05) is 11.6 Å². The standard InChI is InChI=1S/C26H27ClN2O3S/c1-18-12-14-21(15-13-18)26(20-8-4-3-5-9-20,22-10-6-7-11-23(22)27)32-25(31)24(28)16-33-17-29-19(2)30/h3-15,24H,16-17,28H2,1-2H3,(H,29,30)/t24-,26?/m0/s1. The lowest BCUT2D eigenvalue weighted by molar-refractivity contribution is -0.154. The SMILES string of the molecule is CC(=O)NCSC[C@H](N)C(=O)OC(c1ccccc1)(c1ccc(C)cc1)c1ccccc1Cl. The fraction of sp³-hybridized carbons (Fsp3) is 0.231. The molecule has 3 aromatic rings. The summed E-state index contributed by atoms with van der Waals surface area (Å²) in [5, 5.41) is 3.15. The minimum atomic E-state index is -1.29. The number of carbonyl (C=O) groups excluding carboxylic acids is 2. The molecule has 3 aromatic carbocycles. The Morgan fingerprint density at radius 1 is 1.00 bits per heavy atom. The minimum Gasteiger partial charge on any atom is -0.443 e. The fourth-order valence-corrected chi connectivity index (χ4v) is 4.57. The summed E-state index contributed by atoms with van der Waals surface area (Å²) in [4.78, 5) is 24.4. The van der Waals surface area contributed by atoms with Crippen LogP contribution in [0.25, 0.3) is 0 Å². The molecule has 172 valence electrons. The first kappa shape index (κ1) is 24.8. The molecule has 0 aromatic heterocycles. The molecule has 1 amide bonds. The van der Waals surface area contributed by atoms with Crippen LogP contribution in [0.15, 0.2) is 78.9 Å². The Kier molecular flexibility index (Phi) is 8.55. The number of thioether (sulfide) groups is 1. The van der Waals surface area contributed by atoms with Gasteiger partial charge in [0.1, 0.15) is 6.04 Å². The largest absolute Gasteiger partial charge is 0.443 e. The van der Waals surface area contributed by atoms with Crippen LogP contribution in [0.4, 0.5) is 0 Å². The molecule has 2 atom stereocenters. The highest BCUT2D eigenvalue weighted by Crippen LogP contribution is 2.43. The van der Waals surface area contributed by atoms with E-state index in [1.807, 2.05) is 79.7 Å². The minimum absolute atomic E-state index is 0.139. The third-order valence-corrected chi connectivity index (χ3v) is 6.44. The molecule has 0 aliphatic heterocycles. The first-order valence-electron chi connectivity index (χ1n) is 10.5. The average molecular weight is 483 g/mol. The van der Waals surface area contributed by atoms with E-state index in [0.29, 0.717) is 22.2 Å². The summed E-state index contributed by atoms with van der Waals surface area (Å²) in [5.74, 6) is -0.0438. The Balaban J connectivity index is 2.06. The van der Waals surface area contributed by atoms with Gasteiger partial charge in [-0.25, -0.2) is 0 Å². The van der Waals surface area contributed by atoms with Crippen molar-refractivity contribution in [3.05, 3.63) is 106 Å². The van der Waals surface area contributed by atoms with E-state index in [4.69, 9.17) is 22.1 Å². The van der Waals surface area contributed by atoms with E-state index in [9.17, 15) is 9.59 Å². The van der Waals surface area contributed by atoms with Crippen LogP contribution in [0.1, 0.15) is 29.2 Å². The number of benzene rings is 3. The number of amides is 1. The van der Waals surface area contributed by atoms with Gasteiger partial charge in [0.2, 0.25) is 5.91 Å². The van der Waals surface area contributed by atoms with Gasteiger partial charge in [-0.05, 0) is 13.0 Å². The molecule has 1 unspecified atom stereocenters. The number of hydrogen-bond acceptors (Lipinski definition) is 5. The lowest BCUT2D eigenvalue weighted by Gasteiger charge is -2.36. The maximum atomic E-state index is 13.3. The summed E-state index contributed by atoms with van der Waals surface area (Å²) in [6.45, 7) is 3.44. The molecule has 0 saturated carbocycles. The quantitative estimate of drug-likeness (QED) is 0.201. The van der Waals surface area contributed by atoms with Crippen LogP contribution < -0.4 is 11.1 Å². The molecule has 3 N–H and O–H groups in total. The van der Waals surface area contributed by atoms with Gasteiger partial charge in [-0.15, -0.1) is 11.8 Å². The van der Waals surface area contributed by atoms with Crippen molar-refractivity contribution in [2.45, 2.75) is 25.5 Å². The molecule has 0 saturated heterocycles. The van der Waals surface area contributed by atoms with Crippen LogP contribution in [0, 0.1) is 6.92 Å². The van der Waals surface area contributed by atoms with Crippen molar-refractivity contribution in [1.29, 1.82) is 0 Å². The van der Waals surface area contributed by atoms with Gasteiger partial charge in [-0.2, -0.15) is 0 Å². The Hall–Kier alpha value is -2.80. The van der Waals surface area contributed by atoms with Crippen LogP contribution in [0.3, 0.4) is 0 Å². The van der Waals surface area contributed by atoms with Gasteiger partial charge in [0.15, 0.2) is 5.60 Å². The molecule has 0 spiro atoms. The van der Waals surface area contributed by atoms with Crippen LogP contribution in [0.2, 0.25) is 5.02 Å². The second-order valence-corrected chi connectivity index (χ2v) is 9.11. The lowest BCUT2D eigenvalue weighted by atomic mass is 9.79. The normalized spacial score (nSPS) is 13.6.